The Balaban J connectivity index is 1.39. The first-order valence-corrected chi connectivity index (χ1v) is 8.77. The third-order valence-electron chi connectivity index (χ3n) is 4.93. The number of likely N-dealkylation sites (tertiary alicyclic amines) is 1. The standard InChI is InChI=1S/C18H22N6O/c1-14-5-6-16-19-20-18(24(16)21-14)15-7-10-22(11-8-15)12-13-23-9-3-2-4-17(23)25/h2-6,9,15H,7-8,10-13H2,1H3. The molecule has 0 saturated carbocycles. The molecule has 0 aliphatic carbocycles. The lowest BCUT2D eigenvalue weighted by Crippen LogP contribution is -2.37. The van der Waals surface area contributed by atoms with Crippen LogP contribution in [0.3, 0.4) is 0 Å². The van der Waals surface area contributed by atoms with Gasteiger partial charge in [0.05, 0.1) is 5.69 Å². The van der Waals surface area contributed by atoms with Crippen LogP contribution in [0.5, 0.6) is 0 Å². The van der Waals surface area contributed by atoms with Crippen molar-refractivity contribution in [2.45, 2.75) is 32.2 Å². The molecule has 1 saturated heterocycles. The molecule has 7 heteroatoms. The van der Waals surface area contributed by atoms with Crippen LogP contribution >= 0.6 is 0 Å². The van der Waals surface area contributed by atoms with Gasteiger partial charge in [-0.1, -0.05) is 6.07 Å². The Morgan fingerprint density at radius 1 is 1.08 bits per heavy atom. The molecule has 0 spiro atoms. The molecule has 4 heterocycles. The third-order valence-corrected chi connectivity index (χ3v) is 4.93. The summed E-state index contributed by atoms with van der Waals surface area (Å²) in [5, 5.41) is 13.2. The summed E-state index contributed by atoms with van der Waals surface area (Å²) in [6, 6.07) is 9.22. The van der Waals surface area contributed by atoms with Crippen LogP contribution in [-0.4, -0.2) is 48.9 Å². The van der Waals surface area contributed by atoms with Gasteiger partial charge < -0.3 is 9.47 Å². The van der Waals surface area contributed by atoms with Gasteiger partial charge >= 0.3 is 0 Å². The molecule has 0 amide bonds. The molecule has 3 aromatic heterocycles. The van der Waals surface area contributed by atoms with Gasteiger partial charge in [0.2, 0.25) is 0 Å². The van der Waals surface area contributed by atoms with E-state index in [-0.39, 0.29) is 5.56 Å². The molecule has 0 aromatic carbocycles. The number of rotatable bonds is 4. The first-order valence-electron chi connectivity index (χ1n) is 8.77. The maximum absolute atomic E-state index is 11.8. The largest absolute Gasteiger partial charge is 0.314 e. The molecule has 1 fully saturated rings. The Hall–Kier alpha value is -2.54. The maximum Gasteiger partial charge on any atom is 0.250 e. The summed E-state index contributed by atoms with van der Waals surface area (Å²) >= 11 is 0. The Morgan fingerprint density at radius 2 is 1.92 bits per heavy atom. The Labute approximate surface area is 145 Å². The quantitative estimate of drug-likeness (QED) is 0.721. The predicted molar refractivity (Wildman–Crippen MR) is 94.6 cm³/mol. The zero-order valence-corrected chi connectivity index (χ0v) is 14.4. The molecule has 130 valence electrons. The normalized spacial score (nSPS) is 16.5. The van der Waals surface area contributed by atoms with Crippen LogP contribution in [0, 0.1) is 6.92 Å². The summed E-state index contributed by atoms with van der Waals surface area (Å²) in [6.45, 7) is 5.63. The van der Waals surface area contributed by atoms with Crippen molar-refractivity contribution in [3.8, 4) is 0 Å². The van der Waals surface area contributed by atoms with Gasteiger partial charge in [0.1, 0.15) is 0 Å². The van der Waals surface area contributed by atoms with Gasteiger partial charge in [-0.15, -0.1) is 10.2 Å². The van der Waals surface area contributed by atoms with Gasteiger partial charge in [-0.2, -0.15) is 9.61 Å². The van der Waals surface area contributed by atoms with E-state index in [1.807, 2.05) is 35.8 Å². The van der Waals surface area contributed by atoms with Crippen molar-refractivity contribution in [1.82, 2.24) is 29.3 Å². The molecule has 7 nitrogen and oxygen atoms in total. The van der Waals surface area contributed by atoms with Crippen molar-refractivity contribution in [1.29, 1.82) is 0 Å². The molecule has 1 aliphatic rings. The molecular formula is C18H22N6O. The first-order chi connectivity index (χ1) is 12.2. The van der Waals surface area contributed by atoms with Gasteiger partial charge in [-0.3, -0.25) is 4.79 Å². The topological polar surface area (TPSA) is 68.3 Å². The number of nitrogens with zero attached hydrogens (tertiary/aromatic N) is 6. The first kappa shape index (κ1) is 16.0. The minimum absolute atomic E-state index is 0.0637. The van der Waals surface area contributed by atoms with Gasteiger partial charge in [0.25, 0.3) is 5.56 Å². The van der Waals surface area contributed by atoms with Crippen LogP contribution in [-0.2, 0) is 6.54 Å². The fourth-order valence-corrected chi connectivity index (χ4v) is 3.46. The second kappa shape index (κ2) is 6.76. The predicted octanol–water partition coefficient (Wildman–Crippen LogP) is 1.47. The number of hydrogen-bond acceptors (Lipinski definition) is 5. The van der Waals surface area contributed by atoms with E-state index in [9.17, 15) is 4.79 Å². The van der Waals surface area contributed by atoms with E-state index in [0.717, 1.165) is 56.2 Å². The maximum atomic E-state index is 11.8. The summed E-state index contributed by atoms with van der Waals surface area (Å²) in [5.74, 6) is 1.36. The highest BCUT2D eigenvalue weighted by atomic mass is 16.1. The molecule has 0 radical (unpaired) electrons. The van der Waals surface area contributed by atoms with E-state index < -0.39 is 0 Å². The number of aromatic nitrogens is 5. The van der Waals surface area contributed by atoms with Crippen LogP contribution in [0.4, 0.5) is 0 Å². The van der Waals surface area contributed by atoms with Crippen molar-refractivity contribution >= 4 is 5.65 Å². The van der Waals surface area contributed by atoms with Gasteiger partial charge in [0, 0.05) is 31.3 Å². The lowest BCUT2D eigenvalue weighted by atomic mass is 9.96. The van der Waals surface area contributed by atoms with Crippen molar-refractivity contribution < 1.29 is 0 Å². The fourth-order valence-electron chi connectivity index (χ4n) is 3.46. The monoisotopic (exact) mass is 338 g/mol. The Bertz CT molecular complexity index is 922. The summed E-state index contributed by atoms with van der Waals surface area (Å²) in [5.41, 5.74) is 1.85. The van der Waals surface area contributed by atoms with Crippen LogP contribution in [0.15, 0.2) is 41.3 Å². The van der Waals surface area contributed by atoms with Gasteiger partial charge in [-0.25, -0.2) is 0 Å². The molecule has 0 atom stereocenters. The van der Waals surface area contributed by atoms with E-state index in [2.05, 4.69) is 20.2 Å². The molecule has 3 aromatic rings. The average Bonchev–Trinajstić information content (AvgIpc) is 3.04. The molecule has 0 unspecified atom stereocenters. The minimum atomic E-state index is 0.0637. The number of fused-ring (bicyclic) bond motifs is 1. The highest BCUT2D eigenvalue weighted by Gasteiger charge is 2.24. The van der Waals surface area contributed by atoms with Crippen LogP contribution < -0.4 is 5.56 Å². The van der Waals surface area contributed by atoms with E-state index in [4.69, 9.17) is 0 Å². The van der Waals surface area contributed by atoms with E-state index >= 15 is 0 Å². The smallest absolute Gasteiger partial charge is 0.250 e. The molecule has 1 aliphatic heterocycles. The zero-order chi connectivity index (χ0) is 17.2. The lowest BCUT2D eigenvalue weighted by Gasteiger charge is -2.31. The van der Waals surface area contributed by atoms with Crippen LogP contribution in [0.25, 0.3) is 5.65 Å². The third kappa shape index (κ3) is 3.32. The van der Waals surface area contributed by atoms with Gasteiger partial charge in [0.15, 0.2) is 11.5 Å². The van der Waals surface area contributed by atoms with Crippen molar-refractivity contribution in [3.63, 3.8) is 0 Å². The number of aryl methyl sites for hydroxylation is 1. The average molecular weight is 338 g/mol. The summed E-state index contributed by atoms with van der Waals surface area (Å²) in [6.07, 6.45) is 3.94. The minimum Gasteiger partial charge on any atom is -0.314 e. The number of pyridine rings is 1. The molecule has 0 bridgehead atoms. The molecule has 4 rings (SSSR count). The lowest BCUT2D eigenvalue weighted by molar-refractivity contribution is 0.201. The zero-order valence-electron chi connectivity index (χ0n) is 14.4. The number of piperidine rings is 1. The fraction of sp³-hybridized carbons (Fsp3) is 0.444. The summed E-state index contributed by atoms with van der Waals surface area (Å²) in [7, 11) is 0. The van der Waals surface area contributed by atoms with Crippen molar-refractivity contribution in [3.05, 3.63) is 58.4 Å². The SMILES string of the molecule is Cc1ccc2nnc(C3CCN(CCn4ccccc4=O)CC3)n2n1. The second-order valence-electron chi connectivity index (χ2n) is 6.65. The highest BCUT2D eigenvalue weighted by molar-refractivity contribution is 5.36. The summed E-state index contributed by atoms with van der Waals surface area (Å²) < 4.78 is 3.66. The van der Waals surface area contributed by atoms with E-state index in [1.165, 1.54) is 0 Å². The van der Waals surface area contributed by atoms with Crippen LogP contribution in [0.2, 0.25) is 0 Å². The Kier molecular flexibility index (Phi) is 4.31. The highest BCUT2D eigenvalue weighted by Crippen LogP contribution is 2.26. The van der Waals surface area contributed by atoms with E-state index in [0.29, 0.717) is 5.92 Å². The van der Waals surface area contributed by atoms with Gasteiger partial charge in [-0.05, 0) is 51.1 Å². The second-order valence-corrected chi connectivity index (χ2v) is 6.65. The van der Waals surface area contributed by atoms with E-state index in [1.54, 1.807) is 16.7 Å². The number of hydrogen-bond donors (Lipinski definition) is 0. The molecule has 0 N–H and O–H groups in total. The van der Waals surface area contributed by atoms with Crippen molar-refractivity contribution in [2.24, 2.45) is 0 Å². The van der Waals surface area contributed by atoms with Crippen LogP contribution in [0.1, 0.15) is 30.3 Å². The summed E-state index contributed by atoms with van der Waals surface area (Å²) in [4.78, 5) is 14.2. The molecular weight excluding hydrogens is 316 g/mol. The van der Waals surface area contributed by atoms with Crippen molar-refractivity contribution in [2.75, 3.05) is 19.6 Å². The molecule has 25 heavy (non-hydrogen) atoms. The Morgan fingerprint density at radius 3 is 2.72 bits per heavy atom.